The highest BCUT2D eigenvalue weighted by Crippen LogP contribution is 2.24. The summed E-state index contributed by atoms with van der Waals surface area (Å²) in [7, 11) is 1.67. The van der Waals surface area contributed by atoms with E-state index in [0.29, 0.717) is 32.1 Å². The van der Waals surface area contributed by atoms with Crippen molar-refractivity contribution >= 4 is 12.0 Å². The molecule has 0 aromatic carbocycles. The van der Waals surface area contributed by atoms with E-state index in [-0.39, 0.29) is 30.6 Å². The van der Waals surface area contributed by atoms with Crippen molar-refractivity contribution in [1.29, 1.82) is 0 Å². The zero-order valence-corrected chi connectivity index (χ0v) is 11.6. The van der Waals surface area contributed by atoms with Gasteiger partial charge in [0.1, 0.15) is 0 Å². The Balaban J connectivity index is 2.40. The number of amides is 2. The highest BCUT2D eigenvalue weighted by atomic mass is 16.4. The van der Waals surface area contributed by atoms with E-state index in [4.69, 9.17) is 10.2 Å². The van der Waals surface area contributed by atoms with Crippen molar-refractivity contribution in [3.63, 3.8) is 0 Å². The number of carbonyl (C=O) groups is 2. The van der Waals surface area contributed by atoms with Gasteiger partial charge in [-0.25, -0.2) is 4.79 Å². The Kier molecular flexibility index (Phi) is 6.08. The second-order valence-corrected chi connectivity index (χ2v) is 5.19. The third-order valence-electron chi connectivity index (χ3n) is 3.95. The van der Waals surface area contributed by atoms with E-state index in [9.17, 15) is 9.59 Å². The molecule has 0 bridgehead atoms. The van der Waals surface area contributed by atoms with Gasteiger partial charge < -0.3 is 20.4 Å². The molecule has 19 heavy (non-hydrogen) atoms. The highest BCUT2D eigenvalue weighted by Gasteiger charge is 2.28. The molecule has 0 heterocycles. The fraction of sp³-hybridized carbons (Fsp3) is 0.846. The topological polar surface area (TPSA) is 89.9 Å². The van der Waals surface area contributed by atoms with Crippen LogP contribution in [0.3, 0.4) is 0 Å². The van der Waals surface area contributed by atoms with Crippen LogP contribution < -0.4 is 5.32 Å². The van der Waals surface area contributed by atoms with Gasteiger partial charge in [0.25, 0.3) is 0 Å². The number of nitrogens with zero attached hydrogens (tertiary/aromatic N) is 1. The molecule has 0 radical (unpaired) electrons. The monoisotopic (exact) mass is 272 g/mol. The lowest BCUT2D eigenvalue weighted by atomic mass is 9.86. The van der Waals surface area contributed by atoms with Crippen molar-refractivity contribution in [2.45, 2.75) is 51.1 Å². The molecule has 6 heteroatoms. The number of aliphatic carboxylic acids is 1. The second kappa shape index (κ2) is 7.33. The molecule has 1 atom stereocenters. The Hall–Kier alpha value is -1.30. The van der Waals surface area contributed by atoms with Crippen LogP contribution in [0.1, 0.15) is 39.0 Å². The summed E-state index contributed by atoms with van der Waals surface area (Å²) >= 11 is 0. The van der Waals surface area contributed by atoms with E-state index in [1.807, 2.05) is 6.92 Å². The number of rotatable bonds is 5. The second-order valence-electron chi connectivity index (χ2n) is 5.19. The van der Waals surface area contributed by atoms with Gasteiger partial charge in [0.05, 0.1) is 18.6 Å². The lowest BCUT2D eigenvalue weighted by Gasteiger charge is -2.31. The highest BCUT2D eigenvalue weighted by molar-refractivity contribution is 5.74. The number of aliphatic hydroxyl groups excluding tert-OH is 1. The van der Waals surface area contributed by atoms with E-state index in [2.05, 4.69) is 5.32 Å². The Morgan fingerprint density at radius 2 is 1.89 bits per heavy atom. The van der Waals surface area contributed by atoms with Crippen molar-refractivity contribution in [3.05, 3.63) is 0 Å². The van der Waals surface area contributed by atoms with E-state index in [1.165, 1.54) is 4.90 Å². The molecular weight excluding hydrogens is 248 g/mol. The summed E-state index contributed by atoms with van der Waals surface area (Å²) in [6.07, 6.45) is 3.33. The zero-order chi connectivity index (χ0) is 14.4. The number of likely N-dealkylation sites (N-methyl/N-ethyl adjacent to an activating group) is 1. The average Bonchev–Trinajstić information content (AvgIpc) is 2.40. The third-order valence-corrected chi connectivity index (χ3v) is 3.95. The summed E-state index contributed by atoms with van der Waals surface area (Å²) in [6, 6.07) is -0.322. The largest absolute Gasteiger partial charge is 0.481 e. The van der Waals surface area contributed by atoms with Crippen LogP contribution in [-0.2, 0) is 4.79 Å². The number of carbonyl (C=O) groups excluding carboxylic acids is 1. The molecule has 0 aliphatic heterocycles. The normalized spacial score (nSPS) is 24.6. The lowest BCUT2D eigenvalue weighted by Crippen LogP contribution is -2.49. The summed E-state index contributed by atoms with van der Waals surface area (Å²) in [4.78, 5) is 24.3. The Morgan fingerprint density at radius 1 is 1.32 bits per heavy atom. The minimum absolute atomic E-state index is 0.0433. The van der Waals surface area contributed by atoms with Crippen LogP contribution in [0.4, 0.5) is 4.79 Å². The smallest absolute Gasteiger partial charge is 0.317 e. The van der Waals surface area contributed by atoms with E-state index < -0.39 is 5.97 Å². The third kappa shape index (κ3) is 4.38. The van der Waals surface area contributed by atoms with Crippen LogP contribution in [0.15, 0.2) is 0 Å². The number of carboxylic acids is 1. The maximum Gasteiger partial charge on any atom is 0.317 e. The summed E-state index contributed by atoms with van der Waals surface area (Å²) < 4.78 is 0. The Bertz CT molecular complexity index is 310. The van der Waals surface area contributed by atoms with E-state index >= 15 is 0 Å². The fourth-order valence-corrected chi connectivity index (χ4v) is 2.45. The molecule has 6 nitrogen and oxygen atoms in total. The van der Waals surface area contributed by atoms with Gasteiger partial charge in [-0.1, -0.05) is 6.92 Å². The van der Waals surface area contributed by atoms with Crippen molar-refractivity contribution in [2.75, 3.05) is 13.7 Å². The van der Waals surface area contributed by atoms with E-state index in [0.717, 1.165) is 0 Å². The molecule has 1 saturated carbocycles. The first-order chi connectivity index (χ1) is 8.99. The predicted molar refractivity (Wildman–Crippen MR) is 70.8 cm³/mol. The summed E-state index contributed by atoms with van der Waals surface area (Å²) in [5, 5.41) is 21.0. The molecular formula is C13H24N2O4. The number of aliphatic hydroxyl groups is 1. The number of carboxylic acid groups (broad SMARTS) is 1. The molecule has 0 saturated heterocycles. The molecule has 3 N–H and O–H groups in total. The van der Waals surface area contributed by atoms with Crippen LogP contribution >= 0.6 is 0 Å². The van der Waals surface area contributed by atoms with Gasteiger partial charge in [0.2, 0.25) is 0 Å². The molecule has 1 rings (SSSR count). The van der Waals surface area contributed by atoms with Gasteiger partial charge in [0.15, 0.2) is 0 Å². The number of hydrogen-bond acceptors (Lipinski definition) is 3. The SMILES string of the molecule is CCC(CO)N(C)C(=O)NC1CCC(C(=O)O)CC1. The van der Waals surface area contributed by atoms with Gasteiger partial charge in [-0.15, -0.1) is 0 Å². The van der Waals surface area contributed by atoms with Gasteiger partial charge in [-0.3, -0.25) is 4.79 Å². The average molecular weight is 272 g/mol. The molecule has 0 aromatic heterocycles. The fourth-order valence-electron chi connectivity index (χ4n) is 2.45. The van der Waals surface area contributed by atoms with Crippen LogP contribution in [-0.4, -0.2) is 52.9 Å². The quantitative estimate of drug-likeness (QED) is 0.697. The van der Waals surface area contributed by atoms with Gasteiger partial charge >= 0.3 is 12.0 Å². The molecule has 1 aliphatic rings. The number of hydrogen-bond donors (Lipinski definition) is 3. The molecule has 0 aromatic rings. The molecule has 2 amide bonds. The first-order valence-corrected chi connectivity index (χ1v) is 6.86. The molecule has 1 aliphatic carbocycles. The van der Waals surface area contributed by atoms with Crippen LogP contribution in [0.5, 0.6) is 0 Å². The Morgan fingerprint density at radius 3 is 2.32 bits per heavy atom. The van der Waals surface area contributed by atoms with Crippen LogP contribution in [0.25, 0.3) is 0 Å². The maximum atomic E-state index is 12.0. The summed E-state index contributed by atoms with van der Waals surface area (Å²) in [6.45, 7) is 1.87. The summed E-state index contributed by atoms with van der Waals surface area (Å²) in [5.74, 6) is -1.01. The van der Waals surface area contributed by atoms with Crippen molar-refractivity contribution in [2.24, 2.45) is 5.92 Å². The van der Waals surface area contributed by atoms with Crippen molar-refractivity contribution in [1.82, 2.24) is 10.2 Å². The van der Waals surface area contributed by atoms with Crippen LogP contribution in [0, 0.1) is 5.92 Å². The maximum absolute atomic E-state index is 12.0. The Labute approximate surface area is 113 Å². The molecule has 0 spiro atoms. The van der Waals surface area contributed by atoms with Crippen molar-refractivity contribution in [3.8, 4) is 0 Å². The first-order valence-electron chi connectivity index (χ1n) is 6.86. The first kappa shape index (κ1) is 15.8. The van der Waals surface area contributed by atoms with Crippen LogP contribution in [0.2, 0.25) is 0 Å². The minimum atomic E-state index is -0.742. The lowest BCUT2D eigenvalue weighted by molar-refractivity contribution is -0.142. The van der Waals surface area contributed by atoms with Gasteiger partial charge in [-0.2, -0.15) is 0 Å². The van der Waals surface area contributed by atoms with E-state index in [1.54, 1.807) is 7.05 Å². The molecule has 110 valence electrons. The van der Waals surface area contributed by atoms with Gasteiger partial charge in [-0.05, 0) is 32.1 Å². The van der Waals surface area contributed by atoms with Gasteiger partial charge in [0, 0.05) is 13.1 Å². The number of nitrogens with one attached hydrogen (secondary N) is 1. The molecule has 1 fully saturated rings. The van der Waals surface area contributed by atoms with Crippen molar-refractivity contribution < 1.29 is 19.8 Å². The zero-order valence-electron chi connectivity index (χ0n) is 11.6. The predicted octanol–water partition coefficient (Wildman–Crippen LogP) is 1.04. The molecule has 1 unspecified atom stereocenters. The summed E-state index contributed by atoms with van der Waals surface area (Å²) in [5.41, 5.74) is 0. The minimum Gasteiger partial charge on any atom is -0.481 e. The standard InChI is InChI=1S/C13H24N2O4/c1-3-11(8-16)15(2)13(19)14-10-6-4-9(5-7-10)12(17)18/h9-11,16H,3-8H2,1-2H3,(H,14,19)(H,17,18). The number of urea groups is 1.